The summed E-state index contributed by atoms with van der Waals surface area (Å²) in [5, 5.41) is 15.8. The minimum Gasteiger partial charge on any atom is -0.374 e. The molecular formula is C15H20N4O3S. The quantitative estimate of drug-likeness (QED) is 0.870. The maximum Gasteiger partial charge on any atom is 0.296 e. The van der Waals surface area contributed by atoms with Gasteiger partial charge in [-0.05, 0) is 19.8 Å². The van der Waals surface area contributed by atoms with E-state index in [2.05, 4.69) is 20.7 Å². The summed E-state index contributed by atoms with van der Waals surface area (Å²) in [6.45, 7) is 2.93. The fourth-order valence-electron chi connectivity index (χ4n) is 2.70. The van der Waals surface area contributed by atoms with Gasteiger partial charge in [0.25, 0.3) is 5.91 Å². The van der Waals surface area contributed by atoms with Gasteiger partial charge in [-0.15, -0.1) is 10.2 Å². The van der Waals surface area contributed by atoms with Crippen LogP contribution in [0.1, 0.15) is 66.2 Å². The van der Waals surface area contributed by atoms with Crippen LogP contribution in [0.25, 0.3) is 0 Å². The molecule has 0 unspecified atom stereocenters. The van der Waals surface area contributed by atoms with Gasteiger partial charge >= 0.3 is 0 Å². The summed E-state index contributed by atoms with van der Waals surface area (Å²) >= 11 is 1.29. The highest BCUT2D eigenvalue weighted by Gasteiger charge is 2.22. The fraction of sp³-hybridized carbons (Fsp3) is 0.600. The van der Waals surface area contributed by atoms with Gasteiger partial charge in [0.1, 0.15) is 11.6 Å². The number of rotatable bonds is 6. The van der Waals surface area contributed by atoms with Crippen LogP contribution in [-0.4, -0.2) is 27.9 Å². The van der Waals surface area contributed by atoms with Crippen molar-refractivity contribution in [3.63, 3.8) is 0 Å². The van der Waals surface area contributed by atoms with Gasteiger partial charge in [0, 0.05) is 18.6 Å². The Morgan fingerprint density at radius 3 is 3.00 bits per heavy atom. The first-order chi connectivity index (χ1) is 11.3. The molecule has 0 aliphatic heterocycles. The highest BCUT2D eigenvalue weighted by molar-refractivity contribution is 7.15. The van der Waals surface area contributed by atoms with E-state index in [9.17, 15) is 4.79 Å². The van der Waals surface area contributed by atoms with Crippen LogP contribution in [0.2, 0.25) is 0 Å². The van der Waals surface area contributed by atoms with E-state index in [0.717, 1.165) is 23.5 Å². The number of anilines is 1. The average molecular weight is 336 g/mol. The molecule has 1 N–H and O–H groups in total. The van der Waals surface area contributed by atoms with Crippen LogP contribution >= 0.6 is 11.3 Å². The minimum atomic E-state index is -0.348. The fourth-order valence-corrected chi connectivity index (χ4v) is 3.37. The highest BCUT2D eigenvalue weighted by atomic mass is 32.1. The third-order valence-corrected chi connectivity index (χ3v) is 4.70. The van der Waals surface area contributed by atoms with Crippen LogP contribution < -0.4 is 5.32 Å². The molecule has 0 bridgehead atoms. The van der Waals surface area contributed by atoms with Crippen molar-refractivity contribution in [3.8, 4) is 0 Å². The molecule has 0 radical (unpaired) electrons. The van der Waals surface area contributed by atoms with Gasteiger partial charge in [-0.1, -0.05) is 35.8 Å². The molecule has 2 heterocycles. The van der Waals surface area contributed by atoms with E-state index in [0.29, 0.717) is 24.3 Å². The van der Waals surface area contributed by atoms with Gasteiger partial charge in [0.15, 0.2) is 0 Å². The Bertz CT molecular complexity index is 649. The van der Waals surface area contributed by atoms with E-state index in [1.165, 1.54) is 30.6 Å². The topological polar surface area (TPSA) is 90.1 Å². The predicted molar refractivity (Wildman–Crippen MR) is 85.5 cm³/mol. The highest BCUT2D eigenvalue weighted by Crippen LogP contribution is 2.32. The van der Waals surface area contributed by atoms with Gasteiger partial charge < -0.3 is 9.26 Å². The molecule has 23 heavy (non-hydrogen) atoms. The van der Waals surface area contributed by atoms with Gasteiger partial charge in [-0.2, -0.15) is 0 Å². The maximum atomic E-state index is 12.2. The zero-order valence-electron chi connectivity index (χ0n) is 13.1. The van der Waals surface area contributed by atoms with E-state index in [-0.39, 0.29) is 11.7 Å². The summed E-state index contributed by atoms with van der Waals surface area (Å²) in [6, 6.07) is 1.74. The molecular weight excluding hydrogens is 316 g/mol. The smallest absolute Gasteiger partial charge is 0.296 e. The summed E-state index contributed by atoms with van der Waals surface area (Å²) in [4.78, 5) is 12.2. The Balaban J connectivity index is 1.59. The normalized spacial score (nSPS) is 15.7. The molecule has 1 amide bonds. The number of hydrogen-bond donors (Lipinski definition) is 1. The van der Waals surface area contributed by atoms with Gasteiger partial charge in [-0.3, -0.25) is 10.1 Å². The standard InChI is InChI=1S/C15H20N4O3S/c1-2-21-9-13-17-18-15(23-13)16-14(20)12-8-11(19-22-12)10-6-4-3-5-7-10/h8,10H,2-7,9H2,1H3,(H,16,18,20). The molecule has 7 nitrogen and oxygen atoms in total. The van der Waals surface area contributed by atoms with Crippen LogP contribution in [-0.2, 0) is 11.3 Å². The second kappa shape index (κ2) is 7.65. The zero-order chi connectivity index (χ0) is 16.1. The molecule has 0 spiro atoms. The summed E-state index contributed by atoms with van der Waals surface area (Å²) in [5.41, 5.74) is 0.879. The summed E-state index contributed by atoms with van der Waals surface area (Å²) in [5.74, 6) is 0.277. The number of nitrogens with one attached hydrogen (secondary N) is 1. The molecule has 1 fully saturated rings. The molecule has 1 aliphatic carbocycles. The molecule has 0 atom stereocenters. The van der Waals surface area contributed by atoms with Crippen molar-refractivity contribution in [2.45, 2.75) is 51.6 Å². The lowest BCUT2D eigenvalue weighted by Crippen LogP contribution is -2.10. The second-order valence-corrected chi connectivity index (χ2v) is 6.61. The van der Waals surface area contributed by atoms with Crippen molar-refractivity contribution in [1.82, 2.24) is 15.4 Å². The van der Waals surface area contributed by atoms with Crippen LogP contribution in [0.5, 0.6) is 0 Å². The Labute approximate surface area is 138 Å². The molecule has 8 heteroatoms. The van der Waals surface area contributed by atoms with Gasteiger partial charge in [-0.25, -0.2) is 0 Å². The van der Waals surface area contributed by atoms with Crippen molar-refractivity contribution >= 4 is 22.4 Å². The average Bonchev–Trinajstić information content (AvgIpc) is 3.23. The summed E-state index contributed by atoms with van der Waals surface area (Å²) < 4.78 is 10.5. The summed E-state index contributed by atoms with van der Waals surface area (Å²) in [6.07, 6.45) is 5.94. The Kier molecular flexibility index (Phi) is 5.35. The van der Waals surface area contributed by atoms with Gasteiger partial charge in [0.2, 0.25) is 10.9 Å². The molecule has 0 saturated heterocycles. The molecule has 1 aliphatic rings. The number of ether oxygens (including phenoxy) is 1. The first-order valence-electron chi connectivity index (χ1n) is 7.94. The van der Waals surface area contributed by atoms with Crippen LogP contribution in [0.4, 0.5) is 5.13 Å². The summed E-state index contributed by atoms with van der Waals surface area (Å²) in [7, 11) is 0. The Morgan fingerprint density at radius 2 is 2.22 bits per heavy atom. The number of carbonyl (C=O) groups is 1. The molecule has 2 aromatic heterocycles. The molecule has 2 aromatic rings. The van der Waals surface area contributed by atoms with Crippen molar-refractivity contribution in [3.05, 3.63) is 22.5 Å². The van der Waals surface area contributed by atoms with E-state index in [1.807, 2.05) is 6.92 Å². The lowest BCUT2D eigenvalue weighted by Gasteiger charge is -2.18. The molecule has 1 saturated carbocycles. The number of nitrogens with zero attached hydrogens (tertiary/aromatic N) is 3. The Morgan fingerprint density at radius 1 is 1.39 bits per heavy atom. The lowest BCUT2D eigenvalue weighted by molar-refractivity contribution is 0.0987. The van der Waals surface area contributed by atoms with E-state index >= 15 is 0 Å². The van der Waals surface area contributed by atoms with E-state index in [1.54, 1.807) is 6.07 Å². The van der Waals surface area contributed by atoms with E-state index in [4.69, 9.17) is 9.26 Å². The van der Waals surface area contributed by atoms with Crippen molar-refractivity contribution in [2.24, 2.45) is 0 Å². The van der Waals surface area contributed by atoms with Gasteiger partial charge in [0.05, 0.1) is 5.69 Å². The van der Waals surface area contributed by atoms with Crippen molar-refractivity contribution < 1.29 is 14.1 Å². The number of hydrogen-bond acceptors (Lipinski definition) is 7. The van der Waals surface area contributed by atoms with Crippen molar-refractivity contribution in [1.29, 1.82) is 0 Å². The third kappa shape index (κ3) is 4.14. The number of amides is 1. The second-order valence-electron chi connectivity index (χ2n) is 5.54. The van der Waals surface area contributed by atoms with Crippen molar-refractivity contribution in [2.75, 3.05) is 11.9 Å². The molecule has 3 rings (SSSR count). The molecule has 0 aromatic carbocycles. The first kappa shape index (κ1) is 16.1. The van der Waals surface area contributed by atoms with Crippen LogP contribution in [0.15, 0.2) is 10.6 Å². The van der Waals surface area contributed by atoms with Crippen LogP contribution in [0, 0.1) is 0 Å². The predicted octanol–water partition coefficient (Wildman–Crippen LogP) is 3.36. The lowest BCUT2D eigenvalue weighted by atomic mass is 9.87. The monoisotopic (exact) mass is 336 g/mol. The SMILES string of the molecule is CCOCc1nnc(NC(=O)c2cc(C3CCCCC3)no2)s1. The Hall–Kier alpha value is -1.80. The first-order valence-corrected chi connectivity index (χ1v) is 8.76. The molecule has 124 valence electrons. The third-order valence-electron chi connectivity index (χ3n) is 3.89. The largest absolute Gasteiger partial charge is 0.374 e. The maximum absolute atomic E-state index is 12.2. The minimum absolute atomic E-state index is 0.215. The zero-order valence-corrected chi connectivity index (χ0v) is 13.9. The number of aromatic nitrogens is 3. The number of carbonyl (C=O) groups excluding carboxylic acids is 1. The van der Waals surface area contributed by atoms with Crippen LogP contribution in [0.3, 0.4) is 0 Å². The van der Waals surface area contributed by atoms with E-state index < -0.39 is 0 Å².